The lowest BCUT2D eigenvalue weighted by Gasteiger charge is -2.16. The van der Waals surface area contributed by atoms with Gasteiger partial charge in [-0.05, 0) is 12.1 Å². The van der Waals surface area contributed by atoms with Crippen molar-refractivity contribution in [2.45, 2.75) is 6.42 Å². The number of aliphatic carboxylic acids is 1. The molecule has 0 heterocycles. The van der Waals surface area contributed by atoms with Crippen LogP contribution in [0.1, 0.15) is 16.8 Å². The molecular formula is C11H11F2NO3. The smallest absolute Gasteiger partial charge is 0.305 e. The summed E-state index contributed by atoms with van der Waals surface area (Å²) < 4.78 is 25.7. The molecule has 0 radical (unpaired) electrons. The Morgan fingerprint density at radius 3 is 2.24 bits per heavy atom. The Hall–Kier alpha value is -1.98. The van der Waals surface area contributed by atoms with Gasteiger partial charge in [0.2, 0.25) is 0 Å². The minimum absolute atomic E-state index is 0.0215. The Morgan fingerprint density at radius 1 is 1.24 bits per heavy atom. The van der Waals surface area contributed by atoms with Crippen LogP contribution in [0.2, 0.25) is 0 Å². The van der Waals surface area contributed by atoms with E-state index in [-0.39, 0.29) is 18.5 Å². The molecular weight excluding hydrogens is 232 g/mol. The minimum Gasteiger partial charge on any atom is -0.481 e. The third-order valence-corrected chi connectivity index (χ3v) is 2.12. The van der Waals surface area contributed by atoms with E-state index in [1.165, 1.54) is 7.05 Å². The van der Waals surface area contributed by atoms with Crippen LogP contribution in [-0.4, -0.2) is 35.5 Å². The predicted molar refractivity (Wildman–Crippen MR) is 55.6 cm³/mol. The molecule has 0 fully saturated rings. The monoisotopic (exact) mass is 243 g/mol. The summed E-state index contributed by atoms with van der Waals surface area (Å²) in [6.07, 6.45) is -0.222. The van der Waals surface area contributed by atoms with Crippen molar-refractivity contribution in [1.29, 1.82) is 0 Å². The fourth-order valence-electron chi connectivity index (χ4n) is 1.26. The van der Waals surface area contributed by atoms with Crippen molar-refractivity contribution in [2.24, 2.45) is 0 Å². The molecule has 0 aliphatic carbocycles. The molecule has 1 rings (SSSR count). The van der Waals surface area contributed by atoms with E-state index in [2.05, 4.69) is 0 Å². The molecule has 1 aromatic carbocycles. The van der Waals surface area contributed by atoms with Gasteiger partial charge in [-0.2, -0.15) is 0 Å². The van der Waals surface area contributed by atoms with Gasteiger partial charge < -0.3 is 10.0 Å². The van der Waals surface area contributed by atoms with Gasteiger partial charge >= 0.3 is 5.97 Å². The standard InChI is InChI=1S/C11H11F2NO3/c1-14(3-2-10(15)16)11(17)7-4-8(12)6-9(13)5-7/h4-6H,2-3H2,1H3,(H,15,16). The van der Waals surface area contributed by atoms with E-state index in [9.17, 15) is 18.4 Å². The van der Waals surface area contributed by atoms with E-state index in [1.807, 2.05) is 0 Å². The molecule has 0 aliphatic heterocycles. The molecule has 0 aliphatic rings. The first-order valence-corrected chi connectivity index (χ1v) is 4.83. The van der Waals surface area contributed by atoms with E-state index in [0.29, 0.717) is 6.07 Å². The average molecular weight is 243 g/mol. The number of carbonyl (C=O) groups is 2. The van der Waals surface area contributed by atoms with Gasteiger partial charge in [0.05, 0.1) is 6.42 Å². The third kappa shape index (κ3) is 3.82. The molecule has 0 bridgehead atoms. The van der Waals surface area contributed by atoms with E-state index in [1.54, 1.807) is 0 Å². The highest BCUT2D eigenvalue weighted by Gasteiger charge is 2.14. The van der Waals surface area contributed by atoms with Crippen LogP contribution < -0.4 is 0 Å². The number of amides is 1. The first-order chi connectivity index (χ1) is 7.90. The summed E-state index contributed by atoms with van der Waals surface area (Å²) in [6.45, 7) is -0.0215. The Bertz CT molecular complexity index is 428. The molecule has 4 nitrogen and oxygen atoms in total. The third-order valence-electron chi connectivity index (χ3n) is 2.12. The average Bonchev–Trinajstić information content (AvgIpc) is 2.23. The topological polar surface area (TPSA) is 57.6 Å². The highest BCUT2D eigenvalue weighted by atomic mass is 19.1. The number of nitrogens with zero attached hydrogens (tertiary/aromatic N) is 1. The number of carboxylic acid groups (broad SMARTS) is 1. The van der Waals surface area contributed by atoms with Crippen LogP contribution in [0.3, 0.4) is 0 Å². The molecule has 0 unspecified atom stereocenters. The van der Waals surface area contributed by atoms with Crippen molar-refractivity contribution >= 4 is 11.9 Å². The summed E-state index contributed by atoms with van der Waals surface area (Å²) in [5.41, 5.74) is -0.143. The lowest BCUT2D eigenvalue weighted by Crippen LogP contribution is -2.29. The molecule has 0 saturated heterocycles. The Morgan fingerprint density at radius 2 is 1.76 bits per heavy atom. The molecule has 0 spiro atoms. The van der Waals surface area contributed by atoms with Crippen molar-refractivity contribution in [2.75, 3.05) is 13.6 Å². The summed E-state index contributed by atoms with van der Waals surface area (Å²) in [5.74, 6) is -3.36. The van der Waals surface area contributed by atoms with Gasteiger partial charge in [0.15, 0.2) is 0 Å². The number of hydrogen-bond acceptors (Lipinski definition) is 2. The summed E-state index contributed by atoms with van der Waals surface area (Å²) in [7, 11) is 1.37. The molecule has 1 amide bonds. The van der Waals surface area contributed by atoms with Gasteiger partial charge in [-0.1, -0.05) is 0 Å². The van der Waals surface area contributed by atoms with Gasteiger partial charge in [-0.15, -0.1) is 0 Å². The highest BCUT2D eigenvalue weighted by molar-refractivity contribution is 5.94. The summed E-state index contributed by atoms with van der Waals surface area (Å²) >= 11 is 0. The molecule has 6 heteroatoms. The second kappa shape index (κ2) is 5.38. The Kier molecular flexibility index (Phi) is 4.14. The number of benzene rings is 1. The first-order valence-electron chi connectivity index (χ1n) is 4.83. The van der Waals surface area contributed by atoms with Crippen LogP contribution in [0.4, 0.5) is 8.78 Å². The van der Waals surface area contributed by atoms with E-state index < -0.39 is 23.5 Å². The predicted octanol–water partition coefficient (Wildman–Crippen LogP) is 1.51. The van der Waals surface area contributed by atoms with E-state index >= 15 is 0 Å². The zero-order chi connectivity index (χ0) is 13.0. The van der Waals surface area contributed by atoms with Gasteiger partial charge in [-0.25, -0.2) is 8.78 Å². The number of hydrogen-bond donors (Lipinski definition) is 1. The largest absolute Gasteiger partial charge is 0.481 e. The molecule has 92 valence electrons. The lowest BCUT2D eigenvalue weighted by atomic mass is 10.2. The zero-order valence-electron chi connectivity index (χ0n) is 9.11. The van der Waals surface area contributed by atoms with Gasteiger partial charge in [0.1, 0.15) is 11.6 Å². The molecule has 0 aromatic heterocycles. The fraction of sp³-hybridized carbons (Fsp3) is 0.273. The second-order valence-corrected chi connectivity index (χ2v) is 3.53. The van der Waals surface area contributed by atoms with E-state index in [0.717, 1.165) is 17.0 Å². The van der Waals surface area contributed by atoms with Crippen LogP contribution in [-0.2, 0) is 4.79 Å². The van der Waals surface area contributed by atoms with Gasteiger partial charge in [0.25, 0.3) is 5.91 Å². The molecule has 17 heavy (non-hydrogen) atoms. The molecule has 1 aromatic rings. The first kappa shape index (κ1) is 13.1. The number of carbonyl (C=O) groups excluding carboxylic acids is 1. The van der Waals surface area contributed by atoms with Crippen LogP contribution in [0.15, 0.2) is 18.2 Å². The summed E-state index contributed by atoms with van der Waals surface area (Å²) in [6, 6.07) is 2.47. The SMILES string of the molecule is CN(CCC(=O)O)C(=O)c1cc(F)cc(F)c1. The fourth-order valence-corrected chi connectivity index (χ4v) is 1.26. The van der Waals surface area contributed by atoms with Crippen LogP contribution in [0.5, 0.6) is 0 Å². The van der Waals surface area contributed by atoms with Crippen molar-refractivity contribution in [1.82, 2.24) is 4.90 Å². The van der Waals surface area contributed by atoms with Crippen LogP contribution in [0.25, 0.3) is 0 Å². The molecule has 0 saturated carbocycles. The normalized spacial score (nSPS) is 10.1. The van der Waals surface area contributed by atoms with Crippen molar-refractivity contribution < 1.29 is 23.5 Å². The maximum atomic E-state index is 12.9. The van der Waals surface area contributed by atoms with E-state index in [4.69, 9.17) is 5.11 Å². The Balaban J connectivity index is 2.77. The van der Waals surface area contributed by atoms with Crippen molar-refractivity contribution in [3.8, 4) is 0 Å². The quantitative estimate of drug-likeness (QED) is 0.872. The summed E-state index contributed by atoms with van der Waals surface area (Å²) in [4.78, 5) is 23.1. The highest BCUT2D eigenvalue weighted by Crippen LogP contribution is 2.10. The maximum Gasteiger partial charge on any atom is 0.305 e. The van der Waals surface area contributed by atoms with Gasteiger partial charge in [0, 0.05) is 25.2 Å². The number of halogens is 2. The van der Waals surface area contributed by atoms with Crippen molar-refractivity contribution in [3.63, 3.8) is 0 Å². The lowest BCUT2D eigenvalue weighted by molar-refractivity contribution is -0.137. The minimum atomic E-state index is -1.05. The number of carboxylic acids is 1. The second-order valence-electron chi connectivity index (χ2n) is 3.53. The molecule has 0 atom stereocenters. The number of rotatable bonds is 4. The maximum absolute atomic E-state index is 12.9. The molecule has 1 N–H and O–H groups in total. The zero-order valence-corrected chi connectivity index (χ0v) is 9.11. The van der Waals surface area contributed by atoms with Crippen molar-refractivity contribution in [3.05, 3.63) is 35.4 Å². The Labute approximate surface area is 96.5 Å². The summed E-state index contributed by atoms with van der Waals surface area (Å²) in [5, 5.41) is 8.44. The van der Waals surface area contributed by atoms with Crippen LogP contribution >= 0.6 is 0 Å². The van der Waals surface area contributed by atoms with Gasteiger partial charge in [-0.3, -0.25) is 9.59 Å². The van der Waals surface area contributed by atoms with Crippen LogP contribution in [0, 0.1) is 11.6 Å².